The Labute approximate surface area is 180 Å². The maximum Gasteiger partial charge on any atom is 0.377 e. The zero-order chi connectivity index (χ0) is 21.7. The number of nitro benzene ring substituents is 1. The molecule has 0 spiro atoms. The summed E-state index contributed by atoms with van der Waals surface area (Å²) in [5, 5.41) is 21.3. The molecule has 30 heavy (non-hydrogen) atoms. The van der Waals surface area contributed by atoms with Gasteiger partial charge in [-0.05, 0) is 45.0 Å². The predicted octanol–water partition coefficient (Wildman–Crippen LogP) is 1.72. The SMILES string of the molecule is CCOC(Cc1ccc([N+](=O)[O-])cc1)([PH+]=O)N1CCCNCCNCCCNCC1. The summed E-state index contributed by atoms with van der Waals surface area (Å²) in [6.07, 6.45) is 2.39. The number of nitrogens with zero attached hydrogens (tertiary/aromatic N) is 2. The van der Waals surface area contributed by atoms with Crippen molar-refractivity contribution in [2.24, 2.45) is 0 Å². The second kappa shape index (κ2) is 13.7. The van der Waals surface area contributed by atoms with Crippen molar-refractivity contribution in [3.05, 3.63) is 39.9 Å². The van der Waals surface area contributed by atoms with Crippen LogP contribution in [0.3, 0.4) is 0 Å². The first kappa shape index (κ1) is 24.8. The largest absolute Gasteiger partial charge is 0.377 e. The number of nitro groups is 1. The molecule has 0 aliphatic carbocycles. The number of rotatable bonds is 7. The Morgan fingerprint density at radius 3 is 2.27 bits per heavy atom. The number of nitrogens with one attached hydrogen (secondary N) is 3. The van der Waals surface area contributed by atoms with Crippen LogP contribution in [0.15, 0.2) is 24.3 Å². The summed E-state index contributed by atoms with van der Waals surface area (Å²) in [7, 11) is -0.678. The van der Waals surface area contributed by atoms with Crippen molar-refractivity contribution in [2.75, 3.05) is 59.0 Å². The highest BCUT2D eigenvalue weighted by atomic mass is 31.1. The molecule has 0 radical (unpaired) electrons. The fourth-order valence-corrected chi connectivity index (χ4v) is 4.44. The second-order valence-electron chi connectivity index (χ2n) is 7.36. The third-order valence-electron chi connectivity index (χ3n) is 5.17. The normalized spacial score (nSPS) is 20.3. The smallest absolute Gasteiger partial charge is 0.320 e. The molecule has 0 saturated carbocycles. The van der Waals surface area contributed by atoms with Gasteiger partial charge in [0.15, 0.2) is 0 Å². The highest BCUT2D eigenvalue weighted by Crippen LogP contribution is 2.34. The van der Waals surface area contributed by atoms with E-state index < -0.39 is 18.8 Å². The van der Waals surface area contributed by atoms with E-state index in [1.807, 2.05) is 6.92 Å². The van der Waals surface area contributed by atoms with Gasteiger partial charge in [0.05, 0.1) is 18.0 Å². The Hall–Kier alpha value is -1.48. The molecule has 2 rings (SSSR count). The molecule has 1 fully saturated rings. The Morgan fingerprint density at radius 2 is 1.67 bits per heavy atom. The van der Waals surface area contributed by atoms with Crippen LogP contribution >= 0.6 is 8.46 Å². The number of ether oxygens (including phenoxy) is 1. The van der Waals surface area contributed by atoms with Crippen molar-refractivity contribution in [3.8, 4) is 0 Å². The molecule has 168 valence electrons. The van der Waals surface area contributed by atoms with Crippen LogP contribution in [0.2, 0.25) is 0 Å². The minimum atomic E-state index is -0.939. The van der Waals surface area contributed by atoms with Crippen LogP contribution in [0.5, 0.6) is 0 Å². The van der Waals surface area contributed by atoms with Crippen molar-refractivity contribution in [1.82, 2.24) is 20.9 Å². The molecule has 1 aliphatic heterocycles. The zero-order valence-electron chi connectivity index (χ0n) is 17.8. The van der Waals surface area contributed by atoms with Crippen LogP contribution < -0.4 is 16.0 Å². The number of hydrogen-bond donors (Lipinski definition) is 3. The van der Waals surface area contributed by atoms with Gasteiger partial charge in [-0.3, -0.25) is 10.1 Å². The molecule has 3 N–H and O–H groups in total. The zero-order valence-corrected chi connectivity index (χ0v) is 18.8. The first-order valence-corrected chi connectivity index (χ1v) is 11.7. The lowest BCUT2D eigenvalue weighted by molar-refractivity contribution is -0.384. The molecule has 10 heteroatoms. The highest BCUT2D eigenvalue weighted by Gasteiger charge is 2.46. The van der Waals surface area contributed by atoms with Gasteiger partial charge in [0.25, 0.3) is 5.69 Å². The van der Waals surface area contributed by atoms with E-state index in [-0.39, 0.29) is 5.69 Å². The Morgan fingerprint density at radius 1 is 1.03 bits per heavy atom. The molecule has 1 heterocycles. The van der Waals surface area contributed by atoms with Crippen LogP contribution in [-0.4, -0.2) is 74.3 Å². The number of non-ortho nitro benzene ring substituents is 1. The summed E-state index contributed by atoms with van der Waals surface area (Å²) in [4.78, 5) is 12.7. The Balaban J connectivity index is 2.15. The van der Waals surface area contributed by atoms with Crippen molar-refractivity contribution >= 4 is 14.1 Å². The molecular weight excluding hydrogens is 405 g/mol. The predicted molar refractivity (Wildman–Crippen MR) is 120 cm³/mol. The van der Waals surface area contributed by atoms with Gasteiger partial charge in [-0.2, -0.15) is 0 Å². The maximum atomic E-state index is 12.5. The first-order valence-electron chi connectivity index (χ1n) is 10.7. The first-order chi connectivity index (χ1) is 14.6. The van der Waals surface area contributed by atoms with E-state index in [0.29, 0.717) is 13.0 Å². The van der Waals surface area contributed by atoms with Gasteiger partial charge in [-0.1, -0.05) is 16.7 Å². The molecule has 0 aromatic heterocycles. The molecule has 2 unspecified atom stereocenters. The summed E-state index contributed by atoms with van der Waals surface area (Å²) in [6.45, 7) is 9.28. The van der Waals surface area contributed by atoms with Gasteiger partial charge < -0.3 is 20.7 Å². The molecule has 1 aromatic rings. The molecule has 1 aliphatic rings. The lowest BCUT2D eigenvalue weighted by Gasteiger charge is -2.34. The highest BCUT2D eigenvalue weighted by molar-refractivity contribution is 7.25. The topological polar surface area (TPSA) is 109 Å². The monoisotopic (exact) mass is 440 g/mol. The minimum absolute atomic E-state index is 0.0494. The maximum absolute atomic E-state index is 12.5. The van der Waals surface area contributed by atoms with E-state index in [9.17, 15) is 14.7 Å². The molecule has 9 nitrogen and oxygen atoms in total. The summed E-state index contributed by atoms with van der Waals surface area (Å²) < 4.78 is 18.6. The lowest BCUT2D eigenvalue weighted by atomic mass is 10.1. The van der Waals surface area contributed by atoms with Gasteiger partial charge in [0, 0.05) is 44.9 Å². The quantitative estimate of drug-likeness (QED) is 0.334. The fraction of sp³-hybridized carbons (Fsp3) is 0.700. The molecule has 1 saturated heterocycles. The van der Waals surface area contributed by atoms with E-state index in [4.69, 9.17) is 4.74 Å². The van der Waals surface area contributed by atoms with E-state index >= 15 is 0 Å². The molecule has 0 amide bonds. The molecular formula is C20H35N5O4P+. The molecule has 1 aromatic carbocycles. The third-order valence-corrected chi connectivity index (χ3v) is 6.13. The van der Waals surface area contributed by atoms with E-state index in [2.05, 4.69) is 20.9 Å². The van der Waals surface area contributed by atoms with Crippen molar-refractivity contribution in [3.63, 3.8) is 0 Å². The van der Waals surface area contributed by atoms with Gasteiger partial charge in [-0.15, -0.1) is 0 Å². The minimum Gasteiger partial charge on any atom is -0.320 e. The summed E-state index contributed by atoms with van der Waals surface area (Å²) in [5.41, 5.74) is -0.0205. The standard InChI is InChI=1S/C20H34N5O4P/c1-2-29-20(30-28,17-18-5-7-19(8-6-18)25(26)27)24-15-4-11-22-13-12-21-9-3-10-23-14-16-24/h5-8,21-23H,2-4,9-17H2,1H3/p+1. The molecule has 0 bridgehead atoms. The second-order valence-corrected chi connectivity index (χ2v) is 8.35. The summed E-state index contributed by atoms with van der Waals surface area (Å²) in [5.74, 6) is 0. The number of hydrogen-bond acceptors (Lipinski definition) is 8. The average molecular weight is 441 g/mol. The summed E-state index contributed by atoms with van der Waals surface area (Å²) >= 11 is 0. The van der Waals surface area contributed by atoms with Crippen molar-refractivity contribution in [1.29, 1.82) is 0 Å². The lowest BCUT2D eigenvalue weighted by Crippen LogP contribution is -2.51. The van der Waals surface area contributed by atoms with Gasteiger partial charge in [-0.25, -0.2) is 4.90 Å². The van der Waals surface area contributed by atoms with Crippen molar-refractivity contribution in [2.45, 2.75) is 31.7 Å². The molecule has 2 atom stereocenters. The summed E-state index contributed by atoms with van der Waals surface area (Å²) in [6, 6.07) is 6.43. The Bertz CT molecular complexity index is 635. The fourth-order valence-electron chi connectivity index (χ4n) is 3.61. The van der Waals surface area contributed by atoms with Gasteiger partial charge >= 0.3 is 13.9 Å². The Kier molecular flexibility index (Phi) is 11.4. The van der Waals surface area contributed by atoms with Crippen LogP contribution in [-0.2, 0) is 15.7 Å². The average Bonchev–Trinajstić information content (AvgIpc) is 2.75. The van der Waals surface area contributed by atoms with Crippen LogP contribution in [0.4, 0.5) is 5.69 Å². The van der Waals surface area contributed by atoms with E-state index in [1.165, 1.54) is 12.1 Å². The van der Waals surface area contributed by atoms with Crippen molar-refractivity contribution < 1.29 is 14.2 Å². The van der Waals surface area contributed by atoms with E-state index in [0.717, 1.165) is 70.8 Å². The van der Waals surface area contributed by atoms with E-state index in [1.54, 1.807) is 12.1 Å². The van der Waals surface area contributed by atoms with Crippen LogP contribution in [0.25, 0.3) is 0 Å². The number of benzene rings is 1. The third kappa shape index (κ3) is 7.98. The van der Waals surface area contributed by atoms with Crippen LogP contribution in [0, 0.1) is 10.1 Å². The van der Waals surface area contributed by atoms with Gasteiger partial charge in [0.2, 0.25) is 0 Å². The van der Waals surface area contributed by atoms with Crippen LogP contribution in [0.1, 0.15) is 25.3 Å². The van der Waals surface area contributed by atoms with Gasteiger partial charge in [0.1, 0.15) is 0 Å².